The van der Waals surface area contributed by atoms with Gasteiger partial charge in [-0.25, -0.2) is 0 Å². The molecule has 0 bridgehead atoms. The highest BCUT2D eigenvalue weighted by Crippen LogP contribution is 2.45. The van der Waals surface area contributed by atoms with Gasteiger partial charge < -0.3 is 9.47 Å². The van der Waals surface area contributed by atoms with Crippen LogP contribution in [-0.2, 0) is 0 Å². The van der Waals surface area contributed by atoms with E-state index in [-0.39, 0.29) is 0 Å². The first kappa shape index (κ1) is 9.53. The van der Waals surface area contributed by atoms with E-state index in [1.54, 1.807) is 12.1 Å². The van der Waals surface area contributed by atoms with E-state index in [4.69, 9.17) is 14.7 Å². The van der Waals surface area contributed by atoms with Crippen LogP contribution in [0.15, 0.2) is 18.2 Å². The molecule has 3 rings (SSSR count). The molecule has 1 aromatic rings. The number of ether oxygens (including phenoxy) is 2. The highest BCUT2D eigenvalue weighted by atomic mass is 16.7. The maximum atomic E-state index is 8.82. The van der Waals surface area contributed by atoms with Gasteiger partial charge >= 0.3 is 0 Å². The van der Waals surface area contributed by atoms with Crippen LogP contribution in [-0.4, -0.2) is 5.79 Å². The summed E-state index contributed by atoms with van der Waals surface area (Å²) in [5.74, 6) is 1.07. The van der Waals surface area contributed by atoms with Crippen molar-refractivity contribution in [1.29, 1.82) is 5.26 Å². The number of nitrogens with zero attached hydrogens (tertiary/aromatic N) is 1. The van der Waals surface area contributed by atoms with Crippen molar-refractivity contribution >= 4 is 0 Å². The van der Waals surface area contributed by atoms with Gasteiger partial charge in [0, 0.05) is 18.9 Å². The number of hydrogen-bond acceptors (Lipinski definition) is 3. The molecule has 3 heteroatoms. The minimum atomic E-state index is -0.436. The summed E-state index contributed by atoms with van der Waals surface area (Å²) >= 11 is 0. The molecule has 1 aliphatic heterocycles. The van der Waals surface area contributed by atoms with Crippen LogP contribution in [0.25, 0.3) is 0 Å². The van der Waals surface area contributed by atoms with Gasteiger partial charge in [0.25, 0.3) is 5.79 Å². The first-order valence-electron chi connectivity index (χ1n) is 5.74. The average molecular weight is 215 g/mol. The van der Waals surface area contributed by atoms with E-state index in [2.05, 4.69) is 6.07 Å². The Labute approximate surface area is 94.6 Å². The lowest BCUT2D eigenvalue weighted by Crippen LogP contribution is -2.40. The monoisotopic (exact) mass is 215 g/mol. The minimum absolute atomic E-state index is 0.436. The molecule has 82 valence electrons. The zero-order chi connectivity index (χ0) is 11.0. The number of rotatable bonds is 0. The summed E-state index contributed by atoms with van der Waals surface area (Å²) in [6.45, 7) is 0. The Hall–Kier alpha value is -1.69. The normalized spacial score (nSPS) is 20.7. The van der Waals surface area contributed by atoms with Crippen molar-refractivity contribution in [3.05, 3.63) is 23.8 Å². The fourth-order valence-electron chi connectivity index (χ4n) is 2.46. The van der Waals surface area contributed by atoms with E-state index in [1.807, 2.05) is 6.07 Å². The summed E-state index contributed by atoms with van der Waals surface area (Å²) in [4.78, 5) is 0. The van der Waals surface area contributed by atoms with Crippen molar-refractivity contribution < 1.29 is 9.47 Å². The zero-order valence-corrected chi connectivity index (χ0v) is 9.03. The molecule has 3 nitrogen and oxygen atoms in total. The Morgan fingerprint density at radius 1 is 1.06 bits per heavy atom. The Bertz CT molecular complexity index is 455. The molecule has 0 radical (unpaired) electrons. The van der Waals surface area contributed by atoms with E-state index >= 15 is 0 Å². The first-order chi connectivity index (χ1) is 7.81. The molecular formula is C13H13NO2. The molecular weight excluding hydrogens is 202 g/mol. The molecule has 2 aliphatic rings. The van der Waals surface area contributed by atoms with Gasteiger partial charge in [-0.3, -0.25) is 0 Å². The lowest BCUT2D eigenvalue weighted by molar-refractivity contribution is -0.105. The third kappa shape index (κ3) is 1.42. The molecule has 0 amide bonds. The Morgan fingerprint density at radius 3 is 2.56 bits per heavy atom. The summed E-state index contributed by atoms with van der Waals surface area (Å²) in [6.07, 6.45) is 5.46. The van der Waals surface area contributed by atoms with Gasteiger partial charge in [-0.15, -0.1) is 0 Å². The fraction of sp³-hybridized carbons (Fsp3) is 0.462. The second-order valence-corrected chi connectivity index (χ2v) is 4.45. The predicted octanol–water partition coefficient (Wildman–Crippen LogP) is 2.99. The van der Waals surface area contributed by atoms with E-state index in [1.165, 1.54) is 6.42 Å². The summed E-state index contributed by atoms with van der Waals surface area (Å²) in [6, 6.07) is 7.47. The van der Waals surface area contributed by atoms with Crippen LogP contribution in [0.5, 0.6) is 11.5 Å². The second-order valence-electron chi connectivity index (χ2n) is 4.45. The molecule has 1 saturated carbocycles. The summed E-state index contributed by atoms with van der Waals surface area (Å²) in [5, 5.41) is 8.82. The number of nitriles is 1. The molecule has 0 saturated heterocycles. The van der Waals surface area contributed by atoms with Gasteiger partial charge in [-0.05, 0) is 25.0 Å². The van der Waals surface area contributed by atoms with Crippen LogP contribution in [0, 0.1) is 11.3 Å². The van der Waals surface area contributed by atoms with Gasteiger partial charge in [0.2, 0.25) is 0 Å². The average Bonchev–Trinajstić information content (AvgIpc) is 2.66. The maximum Gasteiger partial charge on any atom is 0.251 e. The second kappa shape index (κ2) is 3.41. The predicted molar refractivity (Wildman–Crippen MR) is 58.2 cm³/mol. The SMILES string of the molecule is N#Cc1ccc2c(c1)OC1(CCCCC1)O2. The van der Waals surface area contributed by atoms with Crippen LogP contribution in [0.2, 0.25) is 0 Å². The topological polar surface area (TPSA) is 42.2 Å². The smallest absolute Gasteiger partial charge is 0.251 e. The molecule has 1 spiro atoms. The Kier molecular flexibility index (Phi) is 2.03. The largest absolute Gasteiger partial charge is 0.448 e. The van der Waals surface area contributed by atoms with Crippen LogP contribution < -0.4 is 9.47 Å². The van der Waals surface area contributed by atoms with E-state index in [0.29, 0.717) is 5.56 Å². The Morgan fingerprint density at radius 2 is 1.81 bits per heavy atom. The number of fused-ring (bicyclic) bond motifs is 1. The molecule has 0 atom stereocenters. The molecule has 1 aliphatic carbocycles. The quantitative estimate of drug-likeness (QED) is 0.668. The zero-order valence-electron chi connectivity index (χ0n) is 9.03. The van der Waals surface area contributed by atoms with Crippen molar-refractivity contribution in [3.63, 3.8) is 0 Å². The Balaban J connectivity index is 1.91. The van der Waals surface area contributed by atoms with Crippen molar-refractivity contribution in [3.8, 4) is 17.6 Å². The van der Waals surface area contributed by atoms with E-state index in [9.17, 15) is 0 Å². The van der Waals surface area contributed by atoms with Gasteiger partial charge in [-0.1, -0.05) is 6.42 Å². The number of benzene rings is 1. The van der Waals surface area contributed by atoms with E-state index < -0.39 is 5.79 Å². The van der Waals surface area contributed by atoms with E-state index in [0.717, 1.165) is 37.2 Å². The third-order valence-corrected chi connectivity index (χ3v) is 3.28. The summed E-state index contributed by atoms with van der Waals surface area (Å²) < 4.78 is 11.8. The van der Waals surface area contributed by atoms with Gasteiger partial charge in [0.1, 0.15) is 0 Å². The first-order valence-corrected chi connectivity index (χ1v) is 5.74. The molecule has 0 aromatic heterocycles. The lowest BCUT2D eigenvalue weighted by Gasteiger charge is -2.31. The van der Waals surface area contributed by atoms with Crippen LogP contribution >= 0.6 is 0 Å². The molecule has 0 unspecified atom stereocenters. The third-order valence-electron chi connectivity index (χ3n) is 3.28. The molecule has 16 heavy (non-hydrogen) atoms. The van der Waals surface area contributed by atoms with Gasteiger partial charge in [-0.2, -0.15) is 5.26 Å². The maximum absolute atomic E-state index is 8.82. The fourth-order valence-corrected chi connectivity index (χ4v) is 2.46. The standard InChI is InChI=1S/C13H13NO2/c14-9-10-4-5-11-12(8-10)16-13(15-11)6-2-1-3-7-13/h4-5,8H,1-3,6-7H2. The van der Waals surface area contributed by atoms with Crippen LogP contribution in [0.4, 0.5) is 0 Å². The highest BCUT2D eigenvalue weighted by Gasteiger charge is 2.42. The molecule has 1 aromatic carbocycles. The van der Waals surface area contributed by atoms with Gasteiger partial charge in [0.05, 0.1) is 11.6 Å². The minimum Gasteiger partial charge on any atom is -0.448 e. The number of hydrogen-bond donors (Lipinski definition) is 0. The van der Waals surface area contributed by atoms with Crippen LogP contribution in [0.3, 0.4) is 0 Å². The van der Waals surface area contributed by atoms with Crippen molar-refractivity contribution in [2.24, 2.45) is 0 Å². The van der Waals surface area contributed by atoms with Crippen molar-refractivity contribution in [2.75, 3.05) is 0 Å². The highest BCUT2D eigenvalue weighted by molar-refractivity contribution is 5.49. The van der Waals surface area contributed by atoms with Crippen molar-refractivity contribution in [1.82, 2.24) is 0 Å². The molecule has 1 heterocycles. The summed E-state index contributed by atoms with van der Waals surface area (Å²) in [5.41, 5.74) is 0.621. The van der Waals surface area contributed by atoms with Crippen LogP contribution in [0.1, 0.15) is 37.7 Å². The molecule has 0 N–H and O–H groups in total. The molecule has 1 fully saturated rings. The van der Waals surface area contributed by atoms with Gasteiger partial charge in [0.15, 0.2) is 11.5 Å². The van der Waals surface area contributed by atoms with Crippen molar-refractivity contribution in [2.45, 2.75) is 37.9 Å². The summed E-state index contributed by atoms with van der Waals surface area (Å²) in [7, 11) is 0. The lowest BCUT2D eigenvalue weighted by atomic mass is 9.94.